The highest BCUT2D eigenvalue weighted by atomic mass is 32.2. The smallest absolute Gasteiger partial charge is 0.272 e. The molecule has 24 heavy (non-hydrogen) atoms. The van der Waals surface area contributed by atoms with Crippen LogP contribution in [0.3, 0.4) is 0 Å². The molecule has 0 amide bonds. The molecule has 7 heteroatoms. The van der Waals surface area contributed by atoms with Gasteiger partial charge in [-0.1, -0.05) is 23.9 Å². The fourth-order valence-corrected chi connectivity index (χ4v) is 4.06. The normalized spacial score (nSPS) is 10.9. The molecule has 3 aromatic rings. The van der Waals surface area contributed by atoms with Gasteiger partial charge in [-0.15, -0.1) is 11.3 Å². The molecule has 0 unspecified atom stereocenters. The number of ether oxygens (including phenoxy) is 1. The van der Waals surface area contributed by atoms with E-state index in [0.717, 1.165) is 0 Å². The first-order valence-electron chi connectivity index (χ1n) is 7.42. The van der Waals surface area contributed by atoms with Crippen molar-refractivity contribution in [1.29, 1.82) is 0 Å². The molecule has 124 valence electrons. The Morgan fingerprint density at radius 2 is 2.21 bits per heavy atom. The van der Waals surface area contributed by atoms with E-state index in [2.05, 4.69) is 4.98 Å². The van der Waals surface area contributed by atoms with Gasteiger partial charge in [0.25, 0.3) is 5.56 Å². The van der Waals surface area contributed by atoms with E-state index in [1.165, 1.54) is 23.1 Å². The number of thioether (sulfide) groups is 1. The van der Waals surface area contributed by atoms with E-state index in [0.29, 0.717) is 33.2 Å². The van der Waals surface area contributed by atoms with Crippen molar-refractivity contribution in [1.82, 2.24) is 9.55 Å². The highest BCUT2D eigenvalue weighted by Crippen LogP contribution is 2.22. The van der Waals surface area contributed by atoms with E-state index >= 15 is 0 Å². The number of carbonyl (C=O) groups excluding carboxylic acids is 1. The molecular formula is C17H16N2O3S2. The maximum Gasteiger partial charge on any atom is 0.272 e. The van der Waals surface area contributed by atoms with Gasteiger partial charge in [-0.3, -0.25) is 14.2 Å². The van der Waals surface area contributed by atoms with Crippen molar-refractivity contribution >= 4 is 39.1 Å². The quantitative estimate of drug-likeness (QED) is 0.383. The van der Waals surface area contributed by atoms with Crippen molar-refractivity contribution in [2.45, 2.75) is 18.6 Å². The maximum atomic E-state index is 12.5. The van der Waals surface area contributed by atoms with Gasteiger partial charge in [-0.2, -0.15) is 0 Å². The van der Waals surface area contributed by atoms with Gasteiger partial charge in [0.2, 0.25) is 0 Å². The number of nitrogens with zero attached hydrogens (tertiary/aromatic N) is 2. The standard InChI is InChI=1S/C17H16N2O3S2/c1-3-19-16(21)15-13(7-8-23-15)18-17(19)24-10-14(20)11-5-4-6-12(9-11)22-2/h4-9H,3,10H2,1-2H3. The number of carbonyl (C=O) groups is 1. The van der Waals surface area contributed by atoms with E-state index in [1.54, 1.807) is 35.9 Å². The van der Waals surface area contributed by atoms with Crippen LogP contribution in [0.25, 0.3) is 10.2 Å². The molecule has 0 fully saturated rings. The van der Waals surface area contributed by atoms with Gasteiger partial charge in [0.1, 0.15) is 10.4 Å². The van der Waals surface area contributed by atoms with Gasteiger partial charge in [0, 0.05) is 12.1 Å². The van der Waals surface area contributed by atoms with E-state index in [-0.39, 0.29) is 17.1 Å². The zero-order chi connectivity index (χ0) is 17.1. The monoisotopic (exact) mass is 360 g/mol. The number of rotatable bonds is 6. The summed E-state index contributed by atoms with van der Waals surface area (Å²) in [5.41, 5.74) is 1.23. The van der Waals surface area contributed by atoms with Crippen LogP contribution in [0.5, 0.6) is 5.75 Å². The van der Waals surface area contributed by atoms with Gasteiger partial charge < -0.3 is 4.74 Å². The summed E-state index contributed by atoms with van der Waals surface area (Å²) in [6.07, 6.45) is 0. The third kappa shape index (κ3) is 3.22. The number of methoxy groups -OCH3 is 1. The number of fused-ring (bicyclic) bond motifs is 1. The van der Waals surface area contributed by atoms with Crippen LogP contribution in [0, 0.1) is 0 Å². The molecule has 0 aliphatic rings. The van der Waals surface area contributed by atoms with Gasteiger partial charge >= 0.3 is 0 Å². The molecule has 0 atom stereocenters. The van der Waals surface area contributed by atoms with Crippen LogP contribution in [0.4, 0.5) is 0 Å². The summed E-state index contributed by atoms with van der Waals surface area (Å²) < 4.78 is 7.41. The molecule has 5 nitrogen and oxygen atoms in total. The minimum absolute atomic E-state index is 0.0267. The number of thiophene rings is 1. The first kappa shape index (κ1) is 16.7. The zero-order valence-electron chi connectivity index (χ0n) is 13.3. The number of ketones is 1. The predicted octanol–water partition coefficient (Wildman–Crippen LogP) is 3.46. The topological polar surface area (TPSA) is 61.2 Å². The minimum Gasteiger partial charge on any atom is -0.497 e. The average molecular weight is 360 g/mol. The molecule has 0 aliphatic heterocycles. The molecule has 2 aromatic heterocycles. The van der Waals surface area contributed by atoms with Crippen LogP contribution in [-0.2, 0) is 6.54 Å². The Balaban J connectivity index is 1.84. The van der Waals surface area contributed by atoms with Crippen LogP contribution in [-0.4, -0.2) is 28.2 Å². The fourth-order valence-electron chi connectivity index (χ4n) is 2.32. The number of hydrogen-bond donors (Lipinski definition) is 0. The summed E-state index contributed by atoms with van der Waals surface area (Å²) in [7, 11) is 1.57. The van der Waals surface area contributed by atoms with Crippen LogP contribution in [0.1, 0.15) is 17.3 Å². The Labute approximate surface area is 147 Å². The van der Waals surface area contributed by atoms with Gasteiger partial charge in [-0.05, 0) is 30.5 Å². The second-order valence-electron chi connectivity index (χ2n) is 5.02. The molecule has 0 saturated carbocycles. The number of aromatic nitrogens is 2. The first-order chi connectivity index (χ1) is 11.6. The molecule has 0 bridgehead atoms. The lowest BCUT2D eigenvalue weighted by Gasteiger charge is -2.09. The second-order valence-corrected chi connectivity index (χ2v) is 6.88. The summed E-state index contributed by atoms with van der Waals surface area (Å²) in [6.45, 7) is 2.42. The number of benzene rings is 1. The third-order valence-corrected chi connectivity index (χ3v) is 5.44. The highest BCUT2D eigenvalue weighted by molar-refractivity contribution is 7.99. The Hall–Kier alpha value is -2.12. The SMILES string of the molecule is CCn1c(SCC(=O)c2cccc(OC)c2)nc2ccsc2c1=O. The molecule has 0 saturated heterocycles. The number of Topliss-reactive ketones (excluding diaryl/α,β-unsaturated/α-hetero) is 1. The van der Waals surface area contributed by atoms with Gasteiger partial charge in [0.15, 0.2) is 10.9 Å². The molecule has 3 rings (SSSR count). The summed E-state index contributed by atoms with van der Waals surface area (Å²) in [5.74, 6) is 0.838. The van der Waals surface area contributed by atoms with Crippen LogP contribution in [0.15, 0.2) is 45.7 Å². The van der Waals surface area contributed by atoms with E-state index in [9.17, 15) is 9.59 Å². The molecule has 0 spiro atoms. The van der Waals surface area contributed by atoms with Crippen LogP contribution >= 0.6 is 23.1 Å². The summed E-state index contributed by atoms with van der Waals surface area (Å²) in [5, 5.41) is 2.43. The molecule has 1 aromatic carbocycles. The van der Waals surface area contributed by atoms with E-state index < -0.39 is 0 Å². The van der Waals surface area contributed by atoms with Crippen molar-refractivity contribution in [3.8, 4) is 5.75 Å². The molecule has 0 radical (unpaired) electrons. The minimum atomic E-state index is -0.0474. The fraction of sp³-hybridized carbons (Fsp3) is 0.235. The van der Waals surface area contributed by atoms with Crippen molar-refractivity contribution < 1.29 is 9.53 Å². The summed E-state index contributed by atoms with van der Waals surface area (Å²) in [6, 6.07) is 8.88. The molecular weight excluding hydrogens is 344 g/mol. The van der Waals surface area contributed by atoms with Crippen molar-refractivity contribution in [2.75, 3.05) is 12.9 Å². The lowest BCUT2D eigenvalue weighted by atomic mass is 10.1. The zero-order valence-corrected chi connectivity index (χ0v) is 14.9. The van der Waals surface area contributed by atoms with Crippen LogP contribution in [0.2, 0.25) is 0 Å². The van der Waals surface area contributed by atoms with Crippen molar-refractivity contribution in [2.24, 2.45) is 0 Å². The molecule has 2 heterocycles. The Morgan fingerprint density at radius 3 is 2.96 bits per heavy atom. The first-order valence-corrected chi connectivity index (χ1v) is 9.28. The van der Waals surface area contributed by atoms with Crippen molar-refractivity contribution in [3.05, 3.63) is 51.6 Å². The lowest BCUT2D eigenvalue weighted by Crippen LogP contribution is -2.22. The highest BCUT2D eigenvalue weighted by Gasteiger charge is 2.14. The lowest BCUT2D eigenvalue weighted by molar-refractivity contribution is 0.102. The largest absolute Gasteiger partial charge is 0.497 e. The molecule has 0 aliphatic carbocycles. The maximum absolute atomic E-state index is 12.5. The Morgan fingerprint density at radius 1 is 1.38 bits per heavy atom. The van der Waals surface area contributed by atoms with E-state index in [1.807, 2.05) is 18.4 Å². The molecule has 0 N–H and O–H groups in total. The number of hydrogen-bond acceptors (Lipinski definition) is 6. The predicted molar refractivity (Wildman–Crippen MR) is 97.6 cm³/mol. The summed E-state index contributed by atoms with van der Waals surface area (Å²) in [4.78, 5) is 29.4. The third-order valence-electron chi connectivity index (χ3n) is 3.57. The average Bonchev–Trinajstić information content (AvgIpc) is 3.08. The Bertz CT molecular complexity index is 946. The van der Waals surface area contributed by atoms with Crippen LogP contribution < -0.4 is 10.3 Å². The van der Waals surface area contributed by atoms with Gasteiger partial charge in [0.05, 0.1) is 18.4 Å². The Kier molecular flexibility index (Phi) is 5.01. The second kappa shape index (κ2) is 7.19. The summed E-state index contributed by atoms with van der Waals surface area (Å²) >= 11 is 2.68. The van der Waals surface area contributed by atoms with E-state index in [4.69, 9.17) is 4.74 Å². The van der Waals surface area contributed by atoms with Crippen molar-refractivity contribution in [3.63, 3.8) is 0 Å². The van der Waals surface area contributed by atoms with Gasteiger partial charge in [-0.25, -0.2) is 4.98 Å².